The molecule has 0 saturated carbocycles. The largest absolute Gasteiger partial charge is 0.397 e. The zero-order valence-electron chi connectivity index (χ0n) is 9.90. The number of nitrogen functional groups attached to an aromatic ring is 1. The Balaban J connectivity index is 2.03. The van der Waals surface area contributed by atoms with Gasteiger partial charge in [0.25, 0.3) is 5.91 Å². The summed E-state index contributed by atoms with van der Waals surface area (Å²) in [6, 6.07) is 3.29. The van der Waals surface area contributed by atoms with Crippen molar-refractivity contribution < 1.29 is 9.53 Å². The maximum atomic E-state index is 12.0. The lowest BCUT2D eigenvalue weighted by atomic mass is 9.95. The third-order valence-corrected chi connectivity index (χ3v) is 2.87. The summed E-state index contributed by atoms with van der Waals surface area (Å²) in [7, 11) is 0. The number of anilines is 1. The van der Waals surface area contributed by atoms with Gasteiger partial charge in [0, 0.05) is 6.61 Å². The maximum absolute atomic E-state index is 12.0. The van der Waals surface area contributed by atoms with Crippen LogP contribution in [0.3, 0.4) is 0 Å². The van der Waals surface area contributed by atoms with Crippen molar-refractivity contribution in [3.8, 4) is 0 Å². The number of nitrogens with zero attached hydrogens (tertiary/aromatic N) is 1. The van der Waals surface area contributed by atoms with Gasteiger partial charge >= 0.3 is 0 Å². The number of nitrogens with one attached hydrogen (secondary N) is 1. The van der Waals surface area contributed by atoms with Crippen LogP contribution in [0.25, 0.3) is 0 Å². The van der Waals surface area contributed by atoms with Gasteiger partial charge in [-0.1, -0.05) is 0 Å². The monoisotopic (exact) mass is 235 g/mol. The molecule has 1 aliphatic heterocycles. The number of nitrogens with two attached hydrogens (primary N) is 1. The number of amides is 1. The molecule has 0 radical (unpaired) electrons. The first kappa shape index (κ1) is 11.9. The molecule has 3 N–H and O–H groups in total. The highest BCUT2D eigenvalue weighted by Crippen LogP contribution is 2.18. The zero-order valence-corrected chi connectivity index (χ0v) is 9.90. The second-order valence-electron chi connectivity index (χ2n) is 4.65. The van der Waals surface area contributed by atoms with Crippen LogP contribution in [0, 0.1) is 0 Å². The molecule has 1 saturated heterocycles. The average Bonchev–Trinajstić information content (AvgIpc) is 2.30. The molecule has 2 rings (SSSR count). The Kier molecular flexibility index (Phi) is 3.28. The SMILES string of the molecule is CC1(NC(=O)c2ccc(N)cn2)CCCOC1. The molecule has 1 fully saturated rings. The summed E-state index contributed by atoms with van der Waals surface area (Å²) in [6.45, 7) is 3.31. The highest BCUT2D eigenvalue weighted by Gasteiger charge is 2.29. The van der Waals surface area contributed by atoms with Crippen molar-refractivity contribution in [2.45, 2.75) is 25.3 Å². The second-order valence-corrected chi connectivity index (χ2v) is 4.65. The van der Waals surface area contributed by atoms with E-state index < -0.39 is 0 Å². The molecule has 5 nitrogen and oxygen atoms in total. The Morgan fingerprint density at radius 3 is 3.00 bits per heavy atom. The van der Waals surface area contributed by atoms with E-state index in [9.17, 15) is 4.79 Å². The highest BCUT2D eigenvalue weighted by atomic mass is 16.5. The van der Waals surface area contributed by atoms with Gasteiger partial charge in [0.05, 0.1) is 24.0 Å². The van der Waals surface area contributed by atoms with Crippen LogP contribution in [0.4, 0.5) is 5.69 Å². The van der Waals surface area contributed by atoms with Gasteiger partial charge in [-0.25, -0.2) is 4.98 Å². The summed E-state index contributed by atoms with van der Waals surface area (Å²) in [5.41, 5.74) is 6.16. The fraction of sp³-hybridized carbons (Fsp3) is 0.500. The number of hydrogen-bond donors (Lipinski definition) is 2. The molecule has 1 aliphatic rings. The minimum absolute atomic E-state index is 0.182. The summed E-state index contributed by atoms with van der Waals surface area (Å²) in [5, 5.41) is 2.96. The van der Waals surface area contributed by atoms with Crippen LogP contribution >= 0.6 is 0 Å². The number of aromatic nitrogens is 1. The summed E-state index contributed by atoms with van der Waals surface area (Å²) >= 11 is 0. The fourth-order valence-electron chi connectivity index (χ4n) is 1.91. The summed E-state index contributed by atoms with van der Waals surface area (Å²) in [4.78, 5) is 16.0. The van der Waals surface area contributed by atoms with E-state index >= 15 is 0 Å². The Bertz CT molecular complexity index is 397. The van der Waals surface area contributed by atoms with E-state index in [-0.39, 0.29) is 11.4 Å². The third kappa shape index (κ3) is 2.94. The molecule has 92 valence electrons. The van der Waals surface area contributed by atoms with Crippen molar-refractivity contribution in [2.75, 3.05) is 18.9 Å². The predicted molar refractivity (Wildman–Crippen MR) is 64.6 cm³/mol. The molecule has 0 bridgehead atoms. The van der Waals surface area contributed by atoms with Gasteiger partial charge in [0.15, 0.2) is 0 Å². The van der Waals surface area contributed by atoms with Gasteiger partial charge in [-0.2, -0.15) is 0 Å². The summed E-state index contributed by atoms with van der Waals surface area (Å²) in [6.07, 6.45) is 3.37. The molecule has 0 aromatic carbocycles. The highest BCUT2D eigenvalue weighted by molar-refractivity contribution is 5.92. The van der Waals surface area contributed by atoms with Gasteiger partial charge in [-0.05, 0) is 31.9 Å². The summed E-state index contributed by atoms with van der Waals surface area (Å²) in [5.74, 6) is -0.182. The summed E-state index contributed by atoms with van der Waals surface area (Å²) < 4.78 is 5.39. The van der Waals surface area contributed by atoms with E-state index in [1.807, 2.05) is 6.92 Å². The van der Waals surface area contributed by atoms with E-state index in [0.717, 1.165) is 19.4 Å². The molecule has 1 atom stereocenters. The van der Waals surface area contributed by atoms with Crippen molar-refractivity contribution in [1.82, 2.24) is 10.3 Å². The Labute approximate surface area is 100 Å². The fourth-order valence-corrected chi connectivity index (χ4v) is 1.91. The van der Waals surface area contributed by atoms with E-state index in [1.54, 1.807) is 12.1 Å². The van der Waals surface area contributed by atoms with Crippen molar-refractivity contribution in [1.29, 1.82) is 0 Å². The van der Waals surface area contributed by atoms with E-state index in [2.05, 4.69) is 10.3 Å². The van der Waals surface area contributed by atoms with Crippen molar-refractivity contribution in [3.63, 3.8) is 0 Å². The number of carbonyl (C=O) groups is 1. The number of hydrogen-bond acceptors (Lipinski definition) is 4. The quantitative estimate of drug-likeness (QED) is 0.800. The van der Waals surface area contributed by atoms with Crippen molar-refractivity contribution in [2.24, 2.45) is 0 Å². The lowest BCUT2D eigenvalue weighted by Gasteiger charge is -2.34. The zero-order chi connectivity index (χ0) is 12.3. The van der Waals surface area contributed by atoms with Crippen LogP contribution in [-0.4, -0.2) is 29.6 Å². The number of pyridine rings is 1. The van der Waals surface area contributed by atoms with E-state index in [4.69, 9.17) is 10.5 Å². The van der Waals surface area contributed by atoms with E-state index in [0.29, 0.717) is 18.0 Å². The number of rotatable bonds is 2. The molecule has 1 aromatic heterocycles. The molecule has 0 aliphatic carbocycles. The van der Waals surface area contributed by atoms with Crippen LogP contribution < -0.4 is 11.1 Å². The first-order valence-corrected chi connectivity index (χ1v) is 5.71. The number of carbonyl (C=O) groups excluding carboxylic acids is 1. The Hall–Kier alpha value is -1.62. The molecule has 17 heavy (non-hydrogen) atoms. The molecular formula is C12H17N3O2. The standard InChI is InChI=1S/C12H17N3O2/c1-12(5-2-6-17-8-12)15-11(16)10-4-3-9(13)7-14-10/h3-4,7H,2,5-6,8,13H2,1H3,(H,15,16). The van der Waals surface area contributed by atoms with Crippen LogP contribution in [-0.2, 0) is 4.74 Å². The Morgan fingerprint density at radius 2 is 2.41 bits per heavy atom. The normalized spacial score (nSPS) is 24.3. The maximum Gasteiger partial charge on any atom is 0.270 e. The molecule has 1 aromatic rings. The Morgan fingerprint density at radius 1 is 1.59 bits per heavy atom. The van der Waals surface area contributed by atoms with Crippen LogP contribution in [0.1, 0.15) is 30.3 Å². The van der Waals surface area contributed by atoms with Gasteiger partial charge in [0.1, 0.15) is 5.69 Å². The molecule has 1 amide bonds. The number of ether oxygens (including phenoxy) is 1. The van der Waals surface area contributed by atoms with Crippen molar-refractivity contribution >= 4 is 11.6 Å². The van der Waals surface area contributed by atoms with Crippen LogP contribution in [0.2, 0.25) is 0 Å². The van der Waals surface area contributed by atoms with Gasteiger partial charge < -0.3 is 15.8 Å². The average molecular weight is 235 g/mol. The smallest absolute Gasteiger partial charge is 0.270 e. The van der Waals surface area contributed by atoms with Crippen LogP contribution in [0.5, 0.6) is 0 Å². The molecular weight excluding hydrogens is 218 g/mol. The van der Waals surface area contributed by atoms with Gasteiger partial charge in [-0.15, -0.1) is 0 Å². The molecule has 0 spiro atoms. The van der Waals surface area contributed by atoms with Gasteiger partial charge in [0.2, 0.25) is 0 Å². The minimum atomic E-state index is -0.293. The van der Waals surface area contributed by atoms with Crippen LogP contribution in [0.15, 0.2) is 18.3 Å². The second kappa shape index (κ2) is 4.71. The van der Waals surface area contributed by atoms with Crippen molar-refractivity contribution in [3.05, 3.63) is 24.0 Å². The topological polar surface area (TPSA) is 77.2 Å². The minimum Gasteiger partial charge on any atom is -0.397 e. The van der Waals surface area contributed by atoms with Gasteiger partial charge in [-0.3, -0.25) is 4.79 Å². The first-order valence-electron chi connectivity index (χ1n) is 5.71. The lowest BCUT2D eigenvalue weighted by Crippen LogP contribution is -2.51. The molecule has 5 heteroatoms. The first-order chi connectivity index (χ1) is 8.09. The van der Waals surface area contributed by atoms with E-state index in [1.165, 1.54) is 6.20 Å². The molecule has 2 heterocycles. The predicted octanol–water partition coefficient (Wildman–Crippen LogP) is 0.963. The molecule has 1 unspecified atom stereocenters. The lowest BCUT2D eigenvalue weighted by molar-refractivity contribution is 0.0271. The third-order valence-electron chi connectivity index (χ3n) is 2.87.